The van der Waals surface area contributed by atoms with Crippen molar-refractivity contribution < 1.29 is 4.79 Å². The first-order valence-electron chi connectivity index (χ1n) is 10.2. The van der Waals surface area contributed by atoms with Crippen LogP contribution in [0.25, 0.3) is 10.8 Å². The van der Waals surface area contributed by atoms with E-state index in [1.165, 1.54) is 17.3 Å². The number of carbonyl (C=O) groups is 1. The molecule has 0 radical (unpaired) electrons. The molecular weight excluding hydrogens is 406 g/mol. The molecule has 1 aliphatic rings. The molecule has 1 aromatic heterocycles. The Bertz CT molecular complexity index is 1360. The zero-order chi connectivity index (χ0) is 21.4. The van der Waals surface area contributed by atoms with Gasteiger partial charge in [-0.25, -0.2) is 4.98 Å². The molecule has 2 heterocycles. The van der Waals surface area contributed by atoms with Crippen LogP contribution in [0.5, 0.6) is 0 Å². The van der Waals surface area contributed by atoms with Crippen molar-refractivity contribution in [3.8, 4) is 0 Å². The Morgan fingerprint density at radius 3 is 2.68 bits per heavy atom. The second kappa shape index (κ2) is 8.04. The summed E-state index contributed by atoms with van der Waals surface area (Å²) in [5.41, 5.74) is 3.62. The molecule has 0 spiro atoms. The summed E-state index contributed by atoms with van der Waals surface area (Å²) in [6, 6.07) is 22.4. The van der Waals surface area contributed by atoms with Gasteiger partial charge in [-0.3, -0.25) is 9.59 Å². The van der Waals surface area contributed by atoms with Crippen LogP contribution in [0.1, 0.15) is 34.6 Å². The van der Waals surface area contributed by atoms with E-state index in [0.29, 0.717) is 22.3 Å². The van der Waals surface area contributed by atoms with Crippen molar-refractivity contribution >= 4 is 34.3 Å². The van der Waals surface area contributed by atoms with Crippen molar-refractivity contribution in [1.29, 1.82) is 0 Å². The Morgan fingerprint density at radius 1 is 1.00 bits per heavy atom. The number of carbonyl (C=O) groups excluding carboxylic acids is 1. The van der Waals surface area contributed by atoms with Gasteiger partial charge in [0, 0.05) is 18.1 Å². The standard InChI is InChI=1S/C25H21N3O2S/c1-15-5-4-6-16(11-15)14-31-25-27-23-22(24(30)28-25)20(13-21(29)26-23)19-10-9-17-7-2-3-8-18(17)12-19/h2-12,20H,13-14H2,1H3,(H2,26,27,28,29,30). The van der Waals surface area contributed by atoms with Gasteiger partial charge in [-0.2, -0.15) is 0 Å². The predicted octanol–water partition coefficient (Wildman–Crippen LogP) is 5.00. The fraction of sp³-hybridized carbons (Fsp3) is 0.160. The third kappa shape index (κ3) is 3.99. The first kappa shape index (κ1) is 19.6. The van der Waals surface area contributed by atoms with E-state index in [9.17, 15) is 9.59 Å². The lowest BCUT2D eigenvalue weighted by atomic mass is 9.86. The minimum Gasteiger partial charge on any atom is -0.310 e. The average molecular weight is 428 g/mol. The Balaban J connectivity index is 1.49. The van der Waals surface area contributed by atoms with Crippen LogP contribution in [0.15, 0.2) is 76.7 Å². The molecule has 1 amide bonds. The Labute approximate surface area is 183 Å². The number of aromatic nitrogens is 2. The molecule has 1 unspecified atom stereocenters. The Morgan fingerprint density at radius 2 is 1.84 bits per heavy atom. The lowest BCUT2D eigenvalue weighted by Crippen LogP contribution is -2.31. The van der Waals surface area contributed by atoms with Crippen LogP contribution in [0.4, 0.5) is 5.82 Å². The van der Waals surface area contributed by atoms with Crippen LogP contribution in [0.2, 0.25) is 0 Å². The largest absolute Gasteiger partial charge is 0.310 e. The first-order chi connectivity index (χ1) is 15.1. The van der Waals surface area contributed by atoms with Gasteiger partial charge in [-0.15, -0.1) is 0 Å². The highest BCUT2D eigenvalue weighted by Crippen LogP contribution is 2.35. The summed E-state index contributed by atoms with van der Waals surface area (Å²) in [6.07, 6.45) is 0.228. The minimum atomic E-state index is -0.319. The number of nitrogens with zero attached hydrogens (tertiary/aromatic N) is 1. The van der Waals surface area contributed by atoms with Gasteiger partial charge in [-0.05, 0) is 28.8 Å². The fourth-order valence-corrected chi connectivity index (χ4v) is 4.89. The van der Waals surface area contributed by atoms with E-state index in [-0.39, 0.29) is 23.8 Å². The molecular formula is C25H21N3O2S. The number of hydrogen-bond acceptors (Lipinski definition) is 4. The molecule has 2 N–H and O–H groups in total. The van der Waals surface area contributed by atoms with E-state index in [0.717, 1.165) is 21.9 Å². The molecule has 0 saturated carbocycles. The molecule has 0 saturated heterocycles. The highest BCUT2D eigenvalue weighted by atomic mass is 32.2. The number of H-pyrrole nitrogens is 1. The topological polar surface area (TPSA) is 74.8 Å². The van der Waals surface area contributed by atoms with E-state index in [4.69, 9.17) is 0 Å². The highest BCUT2D eigenvalue weighted by molar-refractivity contribution is 7.98. The summed E-state index contributed by atoms with van der Waals surface area (Å²) in [6.45, 7) is 2.05. The molecule has 0 fully saturated rings. The van der Waals surface area contributed by atoms with E-state index >= 15 is 0 Å². The Kier molecular flexibility index (Phi) is 5.08. The zero-order valence-corrected chi connectivity index (χ0v) is 17.8. The number of amides is 1. The van der Waals surface area contributed by atoms with Gasteiger partial charge in [0.25, 0.3) is 5.56 Å². The SMILES string of the molecule is Cc1cccc(CSc2nc3c(c(=O)[nH]2)C(c2ccc4ccccc4c2)CC(=O)N3)c1. The van der Waals surface area contributed by atoms with Crippen molar-refractivity contribution in [1.82, 2.24) is 9.97 Å². The predicted molar refractivity (Wildman–Crippen MR) is 125 cm³/mol. The number of benzene rings is 3. The van der Waals surface area contributed by atoms with E-state index in [1.54, 1.807) is 0 Å². The highest BCUT2D eigenvalue weighted by Gasteiger charge is 2.31. The van der Waals surface area contributed by atoms with Gasteiger partial charge in [0.15, 0.2) is 5.16 Å². The van der Waals surface area contributed by atoms with Gasteiger partial charge in [-0.1, -0.05) is 84.1 Å². The van der Waals surface area contributed by atoms with Gasteiger partial charge >= 0.3 is 0 Å². The summed E-state index contributed by atoms with van der Waals surface area (Å²) >= 11 is 1.45. The molecule has 1 atom stereocenters. The van der Waals surface area contributed by atoms with Crippen LogP contribution >= 0.6 is 11.8 Å². The summed E-state index contributed by atoms with van der Waals surface area (Å²) in [7, 11) is 0. The summed E-state index contributed by atoms with van der Waals surface area (Å²) in [5, 5.41) is 5.52. The van der Waals surface area contributed by atoms with Crippen LogP contribution in [0.3, 0.4) is 0 Å². The maximum absolute atomic E-state index is 13.0. The number of fused-ring (bicyclic) bond motifs is 2. The van der Waals surface area contributed by atoms with Crippen LogP contribution in [-0.2, 0) is 10.5 Å². The number of rotatable bonds is 4. The molecule has 5 nitrogen and oxygen atoms in total. The van der Waals surface area contributed by atoms with Crippen LogP contribution < -0.4 is 10.9 Å². The number of aromatic amines is 1. The van der Waals surface area contributed by atoms with Gasteiger partial charge in [0.2, 0.25) is 5.91 Å². The van der Waals surface area contributed by atoms with Gasteiger partial charge in [0.1, 0.15) is 5.82 Å². The molecule has 0 bridgehead atoms. The molecule has 154 valence electrons. The normalized spacial score (nSPS) is 15.5. The van der Waals surface area contributed by atoms with Crippen molar-refractivity contribution in [3.63, 3.8) is 0 Å². The fourth-order valence-electron chi connectivity index (χ4n) is 4.08. The first-order valence-corrected chi connectivity index (χ1v) is 11.2. The smallest absolute Gasteiger partial charge is 0.257 e. The third-order valence-electron chi connectivity index (χ3n) is 5.56. The van der Waals surface area contributed by atoms with Gasteiger partial charge < -0.3 is 10.3 Å². The molecule has 5 rings (SSSR count). The maximum atomic E-state index is 13.0. The summed E-state index contributed by atoms with van der Waals surface area (Å²) in [5.74, 6) is 0.606. The lowest BCUT2D eigenvalue weighted by molar-refractivity contribution is -0.116. The molecule has 31 heavy (non-hydrogen) atoms. The second-order valence-electron chi connectivity index (χ2n) is 7.82. The molecule has 4 aromatic rings. The molecule has 3 aromatic carbocycles. The van der Waals surface area contributed by atoms with Crippen molar-refractivity contribution in [2.45, 2.75) is 30.2 Å². The van der Waals surface area contributed by atoms with Crippen LogP contribution in [0, 0.1) is 6.92 Å². The van der Waals surface area contributed by atoms with Crippen LogP contribution in [-0.4, -0.2) is 15.9 Å². The van der Waals surface area contributed by atoms with Crippen molar-refractivity contribution in [3.05, 3.63) is 99.3 Å². The zero-order valence-electron chi connectivity index (χ0n) is 17.0. The number of nitrogens with one attached hydrogen (secondary N) is 2. The van der Waals surface area contributed by atoms with E-state index < -0.39 is 0 Å². The number of hydrogen-bond donors (Lipinski definition) is 2. The number of thioether (sulfide) groups is 1. The van der Waals surface area contributed by atoms with Crippen molar-refractivity contribution in [2.24, 2.45) is 0 Å². The van der Waals surface area contributed by atoms with Crippen molar-refractivity contribution in [2.75, 3.05) is 5.32 Å². The summed E-state index contributed by atoms with van der Waals surface area (Å²) < 4.78 is 0. The van der Waals surface area contributed by atoms with E-state index in [2.05, 4.69) is 40.4 Å². The molecule has 6 heteroatoms. The minimum absolute atomic E-state index is 0.126. The molecule has 0 aliphatic carbocycles. The number of anilines is 1. The maximum Gasteiger partial charge on any atom is 0.257 e. The summed E-state index contributed by atoms with van der Waals surface area (Å²) in [4.78, 5) is 33.0. The average Bonchev–Trinajstić information content (AvgIpc) is 2.76. The lowest BCUT2D eigenvalue weighted by Gasteiger charge is -2.24. The monoisotopic (exact) mass is 427 g/mol. The Hall–Kier alpha value is -3.38. The number of aryl methyl sites for hydroxylation is 1. The third-order valence-corrected chi connectivity index (χ3v) is 6.51. The molecule has 1 aliphatic heterocycles. The van der Waals surface area contributed by atoms with Gasteiger partial charge in [0.05, 0.1) is 5.56 Å². The quantitative estimate of drug-likeness (QED) is 0.355. The second-order valence-corrected chi connectivity index (χ2v) is 8.79. The van der Waals surface area contributed by atoms with E-state index in [1.807, 2.05) is 48.5 Å².